The number of nitrogens with zero attached hydrogens (tertiary/aromatic N) is 1. The number of aromatic nitrogens is 2. The molecule has 0 aliphatic rings. The van der Waals surface area contributed by atoms with Gasteiger partial charge in [0.2, 0.25) is 0 Å². The topological polar surface area (TPSA) is 156 Å². The third kappa shape index (κ3) is 6.84. The minimum Gasteiger partial charge on any atom is -0.490 e. The van der Waals surface area contributed by atoms with Crippen LogP contribution in [0.1, 0.15) is 18.2 Å². The summed E-state index contributed by atoms with van der Waals surface area (Å²) in [5.41, 5.74) is -1.78. The van der Waals surface area contributed by atoms with Crippen LogP contribution in [0.4, 0.5) is 11.4 Å². The minimum atomic E-state index is -1.10. The minimum absolute atomic E-state index is 0.246. The number of carbonyl (C=O) groups is 1. The van der Waals surface area contributed by atoms with Crippen molar-refractivity contribution in [3.63, 3.8) is 0 Å². The second kappa shape index (κ2) is 11.7. The number of H-pyrrole nitrogens is 2. The van der Waals surface area contributed by atoms with Crippen molar-refractivity contribution < 1.29 is 19.2 Å². The van der Waals surface area contributed by atoms with Gasteiger partial charge in [-0.2, -0.15) is 0 Å². The molecule has 1 aromatic heterocycles. The molecular weight excluding hydrogens is 476 g/mol. The number of rotatable bonds is 10. The summed E-state index contributed by atoms with van der Waals surface area (Å²) in [5.74, 6) is 0.327. The van der Waals surface area contributed by atoms with E-state index in [9.17, 15) is 24.5 Å². The van der Waals surface area contributed by atoms with E-state index in [1.165, 1.54) is 12.2 Å². The van der Waals surface area contributed by atoms with Crippen LogP contribution in [0.25, 0.3) is 12.2 Å². The molecule has 1 amide bonds. The van der Waals surface area contributed by atoms with E-state index in [2.05, 4.69) is 10.3 Å². The van der Waals surface area contributed by atoms with Gasteiger partial charge in [0.1, 0.15) is 5.69 Å². The second-order valence-corrected chi connectivity index (χ2v) is 7.85. The smallest absolute Gasteiger partial charge is 0.357 e. The van der Waals surface area contributed by atoms with Crippen molar-refractivity contribution in [3.8, 4) is 11.5 Å². The van der Waals surface area contributed by atoms with Crippen molar-refractivity contribution >= 4 is 41.2 Å². The maximum absolute atomic E-state index is 12.3. The van der Waals surface area contributed by atoms with Crippen LogP contribution in [0.15, 0.2) is 56.9 Å². The molecule has 3 aromatic rings. The number of benzene rings is 2. The quantitative estimate of drug-likeness (QED) is 0.218. The van der Waals surface area contributed by atoms with E-state index in [0.717, 1.165) is 4.90 Å². The standard InChI is InChI=1S/C23H22N4O7S/c1-3-33-19-11-14(7-9-17-21(27(31)32)22(29)26-23(30)25-17)8-10-18(19)34-13-20(28)24-15-5-4-6-16(12-15)35-2/h4-12H,3,13H2,1-2H3,(H,24,28)(H2,25,26,29,30). The van der Waals surface area contributed by atoms with Gasteiger partial charge in [0, 0.05) is 10.6 Å². The molecule has 0 radical (unpaired) electrons. The Balaban J connectivity index is 1.75. The Bertz CT molecular complexity index is 1380. The zero-order chi connectivity index (χ0) is 25.4. The highest BCUT2D eigenvalue weighted by atomic mass is 32.2. The fourth-order valence-electron chi connectivity index (χ4n) is 3.04. The highest BCUT2D eigenvalue weighted by molar-refractivity contribution is 7.98. The lowest BCUT2D eigenvalue weighted by atomic mass is 10.1. The highest BCUT2D eigenvalue weighted by Crippen LogP contribution is 2.29. The van der Waals surface area contributed by atoms with E-state index in [-0.39, 0.29) is 18.2 Å². The molecule has 1 heterocycles. The average molecular weight is 499 g/mol. The molecule has 3 N–H and O–H groups in total. The Labute approximate surface area is 203 Å². The van der Waals surface area contributed by atoms with Crippen LogP contribution >= 0.6 is 11.8 Å². The van der Waals surface area contributed by atoms with E-state index >= 15 is 0 Å². The van der Waals surface area contributed by atoms with Crippen molar-refractivity contribution in [2.24, 2.45) is 0 Å². The van der Waals surface area contributed by atoms with Gasteiger partial charge in [-0.25, -0.2) is 4.79 Å². The Morgan fingerprint density at radius 3 is 2.63 bits per heavy atom. The molecular formula is C23H22N4O7S. The van der Waals surface area contributed by atoms with Crippen LogP contribution < -0.4 is 26.0 Å². The number of hydrogen-bond acceptors (Lipinski definition) is 8. The summed E-state index contributed by atoms with van der Waals surface area (Å²) in [5, 5.41) is 14.0. The van der Waals surface area contributed by atoms with Crippen LogP contribution in [0, 0.1) is 10.1 Å². The zero-order valence-corrected chi connectivity index (χ0v) is 19.6. The first-order valence-corrected chi connectivity index (χ1v) is 11.6. The molecule has 0 aliphatic carbocycles. The molecule has 2 aromatic carbocycles. The molecule has 182 valence electrons. The lowest BCUT2D eigenvalue weighted by molar-refractivity contribution is -0.386. The second-order valence-electron chi connectivity index (χ2n) is 6.97. The third-order valence-electron chi connectivity index (χ3n) is 4.55. The molecule has 0 bridgehead atoms. The molecule has 0 unspecified atom stereocenters. The van der Waals surface area contributed by atoms with Gasteiger partial charge in [-0.15, -0.1) is 11.8 Å². The summed E-state index contributed by atoms with van der Waals surface area (Å²) in [6.07, 6.45) is 4.66. The first-order chi connectivity index (χ1) is 16.8. The van der Waals surface area contributed by atoms with Gasteiger partial charge >= 0.3 is 16.9 Å². The first kappa shape index (κ1) is 25.3. The predicted octanol–water partition coefficient (Wildman–Crippen LogP) is 3.28. The normalized spacial score (nSPS) is 10.8. The molecule has 0 aliphatic heterocycles. The summed E-state index contributed by atoms with van der Waals surface area (Å²) < 4.78 is 11.2. The van der Waals surface area contributed by atoms with Gasteiger partial charge in [-0.3, -0.25) is 24.7 Å². The number of ether oxygens (including phenoxy) is 2. The Kier molecular flexibility index (Phi) is 8.46. The SMILES string of the molecule is CCOc1cc(C=Cc2[nH]c(=O)[nH]c(=O)c2[N+](=O)[O-])ccc1OCC(=O)Nc1cccc(SC)c1. The summed E-state index contributed by atoms with van der Waals surface area (Å²) in [6, 6.07) is 12.2. The van der Waals surface area contributed by atoms with Crippen molar-refractivity contribution in [2.75, 3.05) is 24.8 Å². The molecule has 11 nitrogen and oxygen atoms in total. The fourth-order valence-corrected chi connectivity index (χ4v) is 3.50. The average Bonchev–Trinajstić information content (AvgIpc) is 2.81. The largest absolute Gasteiger partial charge is 0.490 e. The number of thioether (sulfide) groups is 1. The Hall–Kier alpha value is -4.32. The monoisotopic (exact) mass is 498 g/mol. The lowest BCUT2D eigenvalue weighted by Crippen LogP contribution is -2.25. The van der Waals surface area contributed by atoms with Gasteiger partial charge in [0.05, 0.1) is 11.5 Å². The van der Waals surface area contributed by atoms with E-state index in [1.54, 1.807) is 43.0 Å². The van der Waals surface area contributed by atoms with Crippen LogP contribution in [0.3, 0.4) is 0 Å². The first-order valence-electron chi connectivity index (χ1n) is 10.3. The molecule has 3 rings (SSSR count). The summed E-state index contributed by atoms with van der Waals surface area (Å²) in [7, 11) is 0. The Morgan fingerprint density at radius 1 is 1.11 bits per heavy atom. The number of nitrogens with one attached hydrogen (secondary N) is 3. The molecule has 12 heteroatoms. The highest BCUT2D eigenvalue weighted by Gasteiger charge is 2.19. The van der Waals surface area contributed by atoms with Crippen molar-refractivity contribution in [1.82, 2.24) is 9.97 Å². The summed E-state index contributed by atoms with van der Waals surface area (Å²) >= 11 is 1.56. The number of aromatic amines is 2. The van der Waals surface area contributed by atoms with Crippen LogP contribution in [0.2, 0.25) is 0 Å². The van der Waals surface area contributed by atoms with Crippen molar-refractivity contribution in [1.29, 1.82) is 0 Å². The van der Waals surface area contributed by atoms with Gasteiger partial charge < -0.3 is 19.8 Å². The van der Waals surface area contributed by atoms with E-state index in [1.807, 2.05) is 29.4 Å². The lowest BCUT2D eigenvalue weighted by Gasteiger charge is -2.13. The molecule has 0 saturated heterocycles. The molecule has 0 saturated carbocycles. The van der Waals surface area contributed by atoms with Gasteiger partial charge in [-0.1, -0.05) is 18.2 Å². The number of nitro groups is 1. The van der Waals surface area contributed by atoms with Gasteiger partial charge in [0.15, 0.2) is 18.1 Å². The molecule has 0 atom stereocenters. The maximum Gasteiger partial charge on any atom is 0.357 e. The molecule has 35 heavy (non-hydrogen) atoms. The van der Waals surface area contributed by atoms with Gasteiger partial charge in [0.25, 0.3) is 5.91 Å². The maximum atomic E-state index is 12.3. The van der Waals surface area contributed by atoms with Crippen molar-refractivity contribution in [2.45, 2.75) is 11.8 Å². The molecule has 0 fully saturated rings. The van der Waals surface area contributed by atoms with E-state index < -0.39 is 21.9 Å². The van der Waals surface area contributed by atoms with E-state index in [4.69, 9.17) is 9.47 Å². The third-order valence-corrected chi connectivity index (χ3v) is 5.28. The predicted molar refractivity (Wildman–Crippen MR) is 133 cm³/mol. The van der Waals surface area contributed by atoms with Gasteiger partial charge in [-0.05, 0) is 55.2 Å². The number of anilines is 1. The number of hydrogen-bond donors (Lipinski definition) is 3. The number of amides is 1. The van der Waals surface area contributed by atoms with Crippen LogP contribution in [0.5, 0.6) is 11.5 Å². The van der Waals surface area contributed by atoms with Crippen LogP contribution in [-0.2, 0) is 4.79 Å². The van der Waals surface area contributed by atoms with E-state index in [0.29, 0.717) is 29.4 Å². The number of carbonyl (C=O) groups excluding carboxylic acids is 1. The Morgan fingerprint density at radius 2 is 1.91 bits per heavy atom. The fraction of sp³-hybridized carbons (Fsp3) is 0.174. The summed E-state index contributed by atoms with van der Waals surface area (Å²) in [6.45, 7) is 1.85. The van der Waals surface area contributed by atoms with Crippen molar-refractivity contribution in [3.05, 3.63) is 84.7 Å². The summed E-state index contributed by atoms with van der Waals surface area (Å²) in [4.78, 5) is 51.0. The van der Waals surface area contributed by atoms with Crippen LogP contribution in [-0.4, -0.2) is 40.3 Å². The zero-order valence-electron chi connectivity index (χ0n) is 18.8. The molecule has 0 spiro atoms.